The van der Waals surface area contributed by atoms with Crippen molar-refractivity contribution in [2.75, 3.05) is 6.54 Å². The molecule has 0 radical (unpaired) electrons. The van der Waals surface area contributed by atoms with E-state index in [2.05, 4.69) is 20.9 Å². The van der Waals surface area contributed by atoms with Crippen molar-refractivity contribution in [1.29, 1.82) is 0 Å². The molecular formula is C27H41N7O6. The number of nitrogens with one attached hydrogen (secondary N) is 4. The summed E-state index contributed by atoms with van der Waals surface area (Å²) < 4.78 is 0. The van der Waals surface area contributed by atoms with E-state index in [9.17, 15) is 29.1 Å². The predicted octanol–water partition coefficient (Wildman–Crippen LogP) is -0.373. The van der Waals surface area contributed by atoms with Gasteiger partial charge in [-0.2, -0.15) is 0 Å². The van der Waals surface area contributed by atoms with E-state index in [0.29, 0.717) is 19.4 Å². The Morgan fingerprint density at radius 3 is 2.15 bits per heavy atom. The molecule has 0 aliphatic rings. The van der Waals surface area contributed by atoms with Gasteiger partial charge in [-0.25, -0.2) is 4.79 Å². The van der Waals surface area contributed by atoms with E-state index in [4.69, 9.17) is 17.2 Å². The molecule has 0 unspecified atom stereocenters. The molecular weight excluding hydrogens is 518 g/mol. The number of carbonyl (C=O) groups excluding carboxylic acids is 4. The molecule has 4 atom stereocenters. The van der Waals surface area contributed by atoms with Crippen LogP contribution >= 0.6 is 0 Å². The highest BCUT2D eigenvalue weighted by molar-refractivity contribution is 5.95. The minimum atomic E-state index is -1.38. The van der Waals surface area contributed by atoms with Gasteiger partial charge in [-0.1, -0.05) is 32.0 Å². The number of carboxylic acid groups (broad SMARTS) is 1. The maximum Gasteiger partial charge on any atom is 0.326 e. The number of aromatic amines is 1. The predicted molar refractivity (Wildman–Crippen MR) is 150 cm³/mol. The summed E-state index contributed by atoms with van der Waals surface area (Å²) >= 11 is 0. The molecule has 0 aliphatic carbocycles. The fourth-order valence-corrected chi connectivity index (χ4v) is 4.15. The zero-order valence-corrected chi connectivity index (χ0v) is 22.9. The molecule has 1 heterocycles. The van der Waals surface area contributed by atoms with Crippen LogP contribution in [0.4, 0.5) is 0 Å². The summed E-state index contributed by atoms with van der Waals surface area (Å²) in [5.74, 6) is -4.11. The molecule has 40 heavy (non-hydrogen) atoms. The molecule has 4 amide bonds. The summed E-state index contributed by atoms with van der Waals surface area (Å²) in [6.45, 7) is 3.94. The van der Waals surface area contributed by atoms with Crippen molar-refractivity contribution < 1.29 is 29.1 Å². The molecule has 0 aliphatic heterocycles. The van der Waals surface area contributed by atoms with E-state index in [0.717, 1.165) is 16.5 Å². The second-order valence-corrected chi connectivity index (χ2v) is 10.1. The van der Waals surface area contributed by atoms with Gasteiger partial charge < -0.3 is 43.2 Å². The van der Waals surface area contributed by atoms with Crippen LogP contribution in [-0.4, -0.2) is 70.4 Å². The highest BCUT2D eigenvalue weighted by atomic mass is 16.4. The second kappa shape index (κ2) is 15.6. The van der Waals surface area contributed by atoms with Crippen LogP contribution in [0.5, 0.6) is 0 Å². The molecule has 2 aromatic rings. The number of benzene rings is 1. The van der Waals surface area contributed by atoms with Gasteiger partial charge in [-0.15, -0.1) is 0 Å². The number of nitrogens with two attached hydrogens (primary N) is 3. The Kier molecular flexibility index (Phi) is 12.6. The Morgan fingerprint density at radius 2 is 1.52 bits per heavy atom. The average molecular weight is 560 g/mol. The third-order valence-corrected chi connectivity index (χ3v) is 6.63. The van der Waals surface area contributed by atoms with Crippen LogP contribution in [0.25, 0.3) is 10.9 Å². The molecule has 1 aromatic carbocycles. The lowest BCUT2D eigenvalue weighted by Crippen LogP contribution is -2.58. The van der Waals surface area contributed by atoms with E-state index in [1.165, 1.54) is 0 Å². The van der Waals surface area contributed by atoms with E-state index < -0.39 is 53.8 Å². The van der Waals surface area contributed by atoms with Crippen molar-refractivity contribution in [3.8, 4) is 0 Å². The van der Waals surface area contributed by atoms with E-state index in [1.807, 2.05) is 24.3 Å². The molecule has 0 bridgehead atoms. The number of hydrogen-bond donors (Lipinski definition) is 8. The van der Waals surface area contributed by atoms with Gasteiger partial charge in [-0.3, -0.25) is 19.2 Å². The molecule has 0 saturated carbocycles. The van der Waals surface area contributed by atoms with Gasteiger partial charge in [0, 0.05) is 29.9 Å². The summed E-state index contributed by atoms with van der Waals surface area (Å²) in [6.07, 6.45) is 2.65. The van der Waals surface area contributed by atoms with E-state index in [-0.39, 0.29) is 31.6 Å². The van der Waals surface area contributed by atoms with Gasteiger partial charge in [0.15, 0.2) is 0 Å². The molecule has 0 spiro atoms. The normalized spacial score (nSPS) is 14.2. The standard InChI is InChI=1S/C27H41N7O6/c1-15(2)23(30)26(38)34-21(13-16-14-31-18-8-4-3-7-17(16)18)25(37)32-19(9-5-6-12-28)24(36)33-20(27(39)40)10-11-22(29)35/h3-4,7-8,14-15,19-21,23,31H,5-6,9-13,28,30H2,1-2H3,(H2,29,35)(H,32,37)(H,33,36)(H,34,38)(H,39,40)/t19-,20-,21-,23-/m0/s1. The average Bonchev–Trinajstić information content (AvgIpc) is 3.31. The molecule has 13 nitrogen and oxygen atoms in total. The van der Waals surface area contributed by atoms with Gasteiger partial charge >= 0.3 is 5.97 Å². The summed E-state index contributed by atoms with van der Waals surface area (Å²) in [7, 11) is 0. The van der Waals surface area contributed by atoms with Crippen LogP contribution in [0.2, 0.25) is 0 Å². The van der Waals surface area contributed by atoms with Gasteiger partial charge in [0.25, 0.3) is 0 Å². The quantitative estimate of drug-likeness (QED) is 0.119. The Bertz CT molecular complexity index is 1180. The van der Waals surface area contributed by atoms with Crippen LogP contribution in [0.15, 0.2) is 30.5 Å². The van der Waals surface area contributed by atoms with Crippen LogP contribution in [0, 0.1) is 5.92 Å². The maximum absolute atomic E-state index is 13.6. The molecule has 11 N–H and O–H groups in total. The van der Waals surface area contributed by atoms with E-state index in [1.54, 1.807) is 20.0 Å². The Hall–Kier alpha value is -3.97. The number of aliphatic carboxylic acids is 1. The zero-order chi connectivity index (χ0) is 29.8. The Morgan fingerprint density at radius 1 is 0.900 bits per heavy atom. The first kappa shape index (κ1) is 32.2. The molecule has 1 aromatic heterocycles. The summed E-state index contributed by atoms with van der Waals surface area (Å²) in [5, 5.41) is 18.1. The van der Waals surface area contributed by atoms with Crippen molar-refractivity contribution in [2.24, 2.45) is 23.1 Å². The number of hydrogen-bond acceptors (Lipinski definition) is 7. The van der Waals surface area contributed by atoms with Crippen LogP contribution in [-0.2, 0) is 30.4 Å². The zero-order valence-electron chi connectivity index (χ0n) is 22.9. The number of amides is 4. The SMILES string of the molecule is CC(C)[C@H](N)C(=O)N[C@@H](Cc1c[nH]c2ccccc12)C(=O)N[C@@H](CCCCN)C(=O)N[C@@H](CCC(N)=O)C(=O)O. The van der Waals surface area contributed by atoms with Crippen molar-refractivity contribution in [1.82, 2.24) is 20.9 Å². The highest BCUT2D eigenvalue weighted by Crippen LogP contribution is 2.19. The number of carbonyl (C=O) groups is 5. The maximum atomic E-state index is 13.6. The van der Waals surface area contributed by atoms with Crippen molar-refractivity contribution in [3.05, 3.63) is 36.0 Å². The minimum absolute atomic E-state index is 0.111. The first-order valence-electron chi connectivity index (χ1n) is 13.4. The molecule has 13 heteroatoms. The smallest absolute Gasteiger partial charge is 0.326 e. The number of fused-ring (bicyclic) bond motifs is 1. The van der Waals surface area contributed by atoms with E-state index >= 15 is 0 Å². The number of aromatic nitrogens is 1. The summed E-state index contributed by atoms with van der Waals surface area (Å²) in [5.41, 5.74) is 18.4. The molecule has 2 rings (SSSR count). The van der Waals surface area contributed by atoms with Gasteiger partial charge in [0.1, 0.15) is 18.1 Å². The lowest BCUT2D eigenvalue weighted by Gasteiger charge is -2.26. The van der Waals surface area contributed by atoms with Crippen molar-refractivity contribution in [2.45, 2.75) is 76.5 Å². The lowest BCUT2D eigenvalue weighted by molar-refractivity contribution is -0.142. The van der Waals surface area contributed by atoms with Gasteiger partial charge in [0.05, 0.1) is 6.04 Å². The number of para-hydroxylation sites is 1. The van der Waals surface area contributed by atoms with Gasteiger partial charge in [-0.05, 0) is 49.8 Å². The van der Waals surface area contributed by atoms with Gasteiger partial charge in [0.2, 0.25) is 23.6 Å². The second-order valence-electron chi connectivity index (χ2n) is 10.1. The summed E-state index contributed by atoms with van der Waals surface area (Å²) in [6, 6.07) is 3.07. The van der Waals surface area contributed by atoms with Crippen molar-refractivity contribution >= 4 is 40.5 Å². The van der Waals surface area contributed by atoms with Crippen LogP contribution < -0.4 is 33.2 Å². The third kappa shape index (κ3) is 9.65. The number of carboxylic acids is 1. The first-order valence-corrected chi connectivity index (χ1v) is 13.4. The highest BCUT2D eigenvalue weighted by Gasteiger charge is 2.31. The largest absolute Gasteiger partial charge is 0.480 e. The fourth-order valence-electron chi connectivity index (χ4n) is 4.15. The van der Waals surface area contributed by atoms with Crippen LogP contribution in [0.1, 0.15) is 51.5 Å². The molecule has 0 saturated heterocycles. The lowest BCUT2D eigenvalue weighted by atomic mass is 10.0. The number of rotatable bonds is 17. The Labute approximate surface area is 233 Å². The van der Waals surface area contributed by atoms with Crippen molar-refractivity contribution in [3.63, 3.8) is 0 Å². The monoisotopic (exact) mass is 559 g/mol. The topological polar surface area (TPSA) is 236 Å². The molecule has 0 fully saturated rings. The Balaban J connectivity index is 2.29. The summed E-state index contributed by atoms with van der Waals surface area (Å²) in [4.78, 5) is 65.4. The third-order valence-electron chi connectivity index (χ3n) is 6.63. The number of primary amides is 1. The minimum Gasteiger partial charge on any atom is -0.480 e. The first-order chi connectivity index (χ1) is 18.9. The fraction of sp³-hybridized carbons (Fsp3) is 0.519. The number of unbranched alkanes of at least 4 members (excludes halogenated alkanes) is 1. The number of H-pyrrole nitrogens is 1. The molecule has 220 valence electrons. The van der Waals surface area contributed by atoms with Crippen LogP contribution in [0.3, 0.4) is 0 Å².